The quantitative estimate of drug-likeness (QED) is 0.652. The number of benzene rings is 1. The van der Waals surface area contributed by atoms with E-state index in [0.717, 1.165) is 18.9 Å². The van der Waals surface area contributed by atoms with Crippen LogP contribution in [0.1, 0.15) is 30.1 Å². The molecule has 0 unspecified atom stereocenters. The van der Waals surface area contributed by atoms with Gasteiger partial charge in [-0.2, -0.15) is 0 Å². The molecule has 1 aromatic carbocycles. The van der Waals surface area contributed by atoms with Gasteiger partial charge in [0.2, 0.25) is 0 Å². The fourth-order valence-electron chi connectivity index (χ4n) is 1.17. The van der Waals surface area contributed by atoms with Crippen molar-refractivity contribution in [1.82, 2.24) is 5.32 Å². The highest BCUT2D eigenvalue weighted by atomic mass is 35.5. The number of carbonyl (C=O) groups is 1. The van der Waals surface area contributed by atoms with E-state index in [1.54, 1.807) is 0 Å². The molecule has 88 valence electrons. The number of halogens is 3. The van der Waals surface area contributed by atoms with Crippen LogP contribution in [0.15, 0.2) is 12.1 Å². The van der Waals surface area contributed by atoms with Crippen LogP contribution in [0.2, 0.25) is 10.0 Å². The lowest BCUT2D eigenvalue weighted by Gasteiger charge is -2.06. The van der Waals surface area contributed by atoms with Gasteiger partial charge in [-0.05, 0) is 18.6 Å². The molecule has 0 aliphatic heterocycles. The first kappa shape index (κ1) is 13.3. The van der Waals surface area contributed by atoms with Crippen molar-refractivity contribution in [3.05, 3.63) is 33.6 Å². The molecule has 0 saturated heterocycles. The van der Waals surface area contributed by atoms with Crippen molar-refractivity contribution in [2.24, 2.45) is 0 Å². The second-order valence-electron chi connectivity index (χ2n) is 3.36. The molecule has 1 aromatic rings. The zero-order chi connectivity index (χ0) is 12.1. The van der Waals surface area contributed by atoms with E-state index in [-0.39, 0.29) is 21.5 Å². The van der Waals surface area contributed by atoms with Gasteiger partial charge in [-0.1, -0.05) is 36.5 Å². The molecular weight excluding hydrogens is 252 g/mol. The van der Waals surface area contributed by atoms with Crippen molar-refractivity contribution in [2.45, 2.75) is 19.8 Å². The molecule has 1 amide bonds. The van der Waals surface area contributed by atoms with E-state index in [0.29, 0.717) is 6.54 Å². The molecular formula is C11H12Cl2FNO. The van der Waals surface area contributed by atoms with Crippen molar-refractivity contribution in [1.29, 1.82) is 0 Å². The molecule has 0 aliphatic carbocycles. The van der Waals surface area contributed by atoms with E-state index >= 15 is 0 Å². The Balaban J connectivity index is 2.79. The zero-order valence-electron chi connectivity index (χ0n) is 8.82. The number of hydrogen-bond acceptors (Lipinski definition) is 1. The standard InChI is InChI=1S/C11H12Cl2FNO/c1-2-3-4-15-11(16)7-5-10(14)9(13)6-8(7)12/h5-6H,2-4H2,1H3,(H,15,16). The minimum atomic E-state index is -0.647. The first-order valence-electron chi connectivity index (χ1n) is 4.99. The number of hydrogen-bond donors (Lipinski definition) is 1. The summed E-state index contributed by atoms with van der Waals surface area (Å²) in [5.74, 6) is -1.03. The summed E-state index contributed by atoms with van der Waals surface area (Å²) >= 11 is 11.3. The maximum atomic E-state index is 13.1. The molecule has 1 N–H and O–H groups in total. The Morgan fingerprint density at radius 3 is 2.69 bits per heavy atom. The molecule has 0 aliphatic rings. The highest BCUT2D eigenvalue weighted by molar-refractivity contribution is 6.36. The second-order valence-corrected chi connectivity index (χ2v) is 4.17. The maximum Gasteiger partial charge on any atom is 0.252 e. The van der Waals surface area contributed by atoms with Gasteiger partial charge in [-0.3, -0.25) is 4.79 Å². The third-order valence-corrected chi connectivity index (χ3v) is 2.67. The van der Waals surface area contributed by atoms with E-state index in [4.69, 9.17) is 23.2 Å². The number of nitrogens with one attached hydrogen (secondary N) is 1. The SMILES string of the molecule is CCCCNC(=O)c1cc(F)c(Cl)cc1Cl. The van der Waals surface area contributed by atoms with E-state index < -0.39 is 5.82 Å². The number of rotatable bonds is 4. The van der Waals surface area contributed by atoms with Gasteiger partial charge in [-0.25, -0.2) is 4.39 Å². The lowest BCUT2D eigenvalue weighted by molar-refractivity contribution is 0.0953. The Hall–Kier alpha value is -0.800. The molecule has 0 saturated carbocycles. The molecule has 0 atom stereocenters. The van der Waals surface area contributed by atoms with Crippen molar-refractivity contribution in [3.8, 4) is 0 Å². The monoisotopic (exact) mass is 263 g/mol. The van der Waals surface area contributed by atoms with Crippen LogP contribution in [0.3, 0.4) is 0 Å². The average Bonchev–Trinajstić information content (AvgIpc) is 2.23. The van der Waals surface area contributed by atoms with Gasteiger partial charge in [-0.15, -0.1) is 0 Å². The third kappa shape index (κ3) is 3.35. The summed E-state index contributed by atoms with van der Waals surface area (Å²) in [6.45, 7) is 2.57. The Morgan fingerprint density at radius 1 is 1.38 bits per heavy atom. The van der Waals surface area contributed by atoms with E-state index in [1.807, 2.05) is 6.92 Å². The van der Waals surface area contributed by atoms with Gasteiger partial charge >= 0.3 is 0 Å². The highest BCUT2D eigenvalue weighted by Gasteiger charge is 2.13. The van der Waals surface area contributed by atoms with Crippen molar-refractivity contribution in [3.63, 3.8) is 0 Å². The molecule has 2 nitrogen and oxygen atoms in total. The van der Waals surface area contributed by atoms with Gasteiger partial charge in [0.15, 0.2) is 0 Å². The molecule has 0 spiro atoms. The fraction of sp³-hybridized carbons (Fsp3) is 0.364. The topological polar surface area (TPSA) is 29.1 Å². The van der Waals surface area contributed by atoms with Crippen LogP contribution in [-0.2, 0) is 0 Å². The molecule has 0 fully saturated rings. The van der Waals surface area contributed by atoms with Gasteiger partial charge in [0, 0.05) is 6.54 Å². The number of carbonyl (C=O) groups excluding carboxylic acids is 1. The van der Waals surface area contributed by atoms with Crippen LogP contribution >= 0.6 is 23.2 Å². The van der Waals surface area contributed by atoms with Crippen LogP contribution < -0.4 is 5.32 Å². The lowest BCUT2D eigenvalue weighted by atomic mass is 10.2. The van der Waals surface area contributed by atoms with Crippen molar-refractivity contribution < 1.29 is 9.18 Å². The third-order valence-electron chi connectivity index (χ3n) is 2.07. The number of amides is 1. The Bertz CT molecular complexity index is 396. The minimum Gasteiger partial charge on any atom is -0.352 e. The molecule has 1 rings (SSSR count). The summed E-state index contributed by atoms with van der Waals surface area (Å²) in [5.41, 5.74) is 0.111. The predicted molar refractivity (Wildman–Crippen MR) is 63.7 cm³/mol. The smallest absolute Gasteiger partial charge is 0.252 e. The highest BCUT2D eigenvalue weighted by Crippen LogP contribution is 2.24. The van der Waals surface area contributed by atoms with E-state index in [9.17, 15) is 9.18 Å². The molecule has 0 heterocycles. The molecule has 0 radical (unpaired) electrons. The first-order valence-corrected chi connectivity index (χ1v) is 5.74. The summed E-state index contributed by atoms with van der Waals surface area (Å²) in [6.07, 6.45) is 1.85. The molecule has 0 bridgehead atoms. The van der Waals surface area contributed by atoms with Crippen LogP contribution in [0, 0.1) is 5.82 Å². The molecule has 5 heteroatoms. The van der Waals surface area contributed by atoms with Gasteiger partial charge in [0.05, 0.1) is 15.6 Å². The van der Waals surface area contributed by atoms with Gasteiger partial charge in [0.25, 0.3) is 5.91 Å². The van der Waals surface area contributed by atoms with E-state index in [2.05, 4.69) is 5.32 Å². The molecule has 0 aromatic heterocycles. The predicted octanol–water partition coefficient (Wildman–Crippen LogP) is 3.66. The summed E-state index contributed by atoms with van der Waals surface area (Å²) in [7, 11) is 0. The van der Waals surface area contributed by atoms with Crippen molar-refractivity contribution in [2.75, 3.05) is 6.54 Å². The minimum absolute atomic E-state index is 0.0879. The van der Waals surface area contributed by atoms with Crippen LogP contribution in [0.25, 0.3) is 0 Å². The summed E-state index contributed by atoms with van der Waals surface area (Å²) in [4.78, 5) is 11.6. The Labute approximate surface area is 104 Å². The van der Waals surface area contributed by atoms with Crippen molar-refractivity contribution >= 4 is 29.1 Å². The van der Waals surface area contributed by atoms with Crippen LogP contribution in [0.5, 0.6) is 0 Å². The van der Waals surface area contributed by atoms with Crippen LogP contribution in [0.4, 0.5) is 4.39 Å². The second kappa shape index (κ2) is 6.06. The van der Waals surface area contributed by atoms with Gasteiger partial charge < -0.3 is 5.32 Å². The lowest BCUT2D eigenvalue weighted by Crippen LogP contribution is -2.24. The normalized spacial score (nSPS) is 10.2. The van der Waals surface area contributed by atoms with Crippen LogP contribution in [-0.4, -0.2) is 12.5 Å². The van der Waals surface area contributed by atoms with Gasteiger partial charge in [0.1, 0.15) is 5.82 Å². The Morgan fingerprint density at radius 2 is 2.06 bits per heavy atom. The number of unbranched alkanes of at least 4 members (excludes halogenated alkanes) is 1. The largest absolute Gasteiger partial charge is 0.352 e. The average molecular weight is 264 g/mol. The first-order chi connectivity index (χ1) is 7.56. The molecule has 16 heavy (non-hydrogen) atoms. The summed E-state index contributed by atoms with van der Waals surface area (Å²) < 4.78 is 13.1. The summed E-state index contributed by atoms with van der Waals surface area (Å²) in [6, 6.07) is 2.28. The van der Waals surface area contributed by atoms with E-state index in [1.165, 1.54) is 6.07 Å². The maximum absolute atomic E-state index is 13.1. The Kier molecular flexibility index (Phi) is 5.03. The summed E-state index contributed by atoms with van der Waals surface area (Å²) in [5, 5.41) is 2.72. The zero-order valence-corrected chi connectivity index (χ0v) is 10.3. The fourth-order valence-corrected chi connectivity index (χ4v) is 1.64.